The fourth-order valence-corrected chi connectivity index (χ4v) is 3.04. The number of nitrogens with zero attached hydrogens (tertiary/aromatic N) is 1. The molecule has 1 aliphatic rings. The Labute approximate surface area is 156 Å². The summed E-state index contributed by atoms with van der Waals surface area (Å²) >= 11 is 0. The Hall–Kier alpha value is -2.08. The molecule has 2 amide bonds. The maximum absolute atomic E-state index is 12.4. The number of carbonyl (C=O) groups excluding carboxylic acids is 2. The summed E-state index contributed by atoms with van der Waals surface area (Å²) in [5, 5.41) is 2.80. The Morgan fingerprint density at radius 1 is 1.27 bits per heavy atom. The van der Waals surface area contributed by atoms with Crippen molar-refractivity contribution in [3.05, 3.63) is 29.8 Å². The lowest BCUT2D eigenvalue weighted by Gasteiger charge is -2.32. The summed E-state index contributed by atoms with van der Waals surface area (Å²) in [6, 6.07) is 7.84. The van der Waals surface area contributed by atoms with Gasteiger partial charge in [0, 0.05) is 26.2 Å². The van der Waals surface area contributed by atoms with E-state index >= 15 is 0 Å². The molecule has 0 bridgehead atoms. The number of hydrogen-bond acceptors (Lipinski definition) is 4. The highest BCUT2D eigenvalue weighted by Crippen LogP contribution is 2.24. The first kappa shape index (κ1) is 20.2. The van der Waals surface area contributed by atoms with Crippen LogP contribution in [0.25, 0.3) is 0 Å². The van der Waals surface area contributed by atoms with Crippen LogP contribution < -0.4 is 15.8 Å². The summed E-state index contributed by atoms with van der Waals surface area (Å²) < 4.78 is 5.64. The van der Waals surface area contributed by atoms with Crippen LogP contribution in [-0.4, -0.2) is 49.5 Å². The molecule has 6 nitrogen and oxygen atoms in total. The van der Waals surface area contributed by atoms with Crippen molar-refractivity contribution in [3.8, 4) is 5.75 Å². The predicted octanol–water partition coefficient (Wildman–Crippen LogP) is 1.68. The molecule has 0 spiro atoms. The van der Waals surface area contributed by atoms with Crippen molar-refractivity contribution in [2.75, 3.05) is 32.8 Å². The van der Waals surface area contributed by atoms with E-state index in [1.54, 1.807) is 4.90 Å². The van der Waals surface area contributed by atoms with Gasteiger partial charge in [-0.3, -0.25) is 9.59 Å². The third kappa shape index (κ3) is 5.73. The Balaban J connectivity index is 1.84. The fourth-order valence-electron chi connectivity index (χ4n) is 3.04. The summed E-state index contributed by atoms with van der Waals surface area (Å²) in [4.78, 5) is 26.2. The van der Waals surface area contributed by atoms with Crippen LogP contribution in [-0.2, 0) is 15.0 Å². The Morgan fingerprint density at radius 2 is 1.96 bits per heavy atom. The van der Waals surface area contributed by atoms with Gasteiger partial charge in [-0.2, -0.15) is 0 Å². The smallest absolute Gasteiger partial charge is 0.260 e. The summed E-state index contributed by atoms with van der Waals surface area (Å²) in [6.07, 6.45) is 1.63. The zero-order valence-electron chi connectivity index (χ0n) is 16.1. The highest BCUT2D eigenvalue weighted by molar-refractivity contribution is 5.82. The van der Waals surface area contributed by atoms with E-state index in [9.17, 15) is 9.59 Å². The van der Waals surface area contributed by atoms with E-state index in [-0.39, 0.29) is 29.8 Å². The number of carbonyl (C=O) groups is 2. The number of ether oxygens (including phenoxy) is 1. The molecule has 1 atom stereocenters. The minimum atomic E-state index is -0.162. The molecule has 0 saturated carbocycles. The molecule has 1 fully saturated rings. The van der Waals surface area contributed by atoms with Crippen LogP contribution in [0.4, 0.5) is 0 Å². The van der Waals surface area contributed by atoms with Crippen molar-refractivity contribution in [1.82, 2.24) is 10.2 Å². The number of likely N-dealkylation sites (tertiary alicyclic amines) is 1. The van der Waals surface area contributed by atoms with Crippen LogP contribution in [0.15, 0.2) is 24.3 Å². The molecular weight excluding hydrogens is 330 g/mol. The van der Waals surface area contributed by atoms with Gasteiger partial charge in [0.15, 0.2) is 6.61 Å². The van der Waals surface area contributed by atoms with Crippen molar-refractivity contribution in [2.45, 2.75) is 39.0 Å². The van der Waals surface area contributed by atoms with Gasteiger partial charge >= 0.3 is 0 Å². The van der Waals surface area contributed by atoms with E-state index < -0.39 is 0 Å². The van der Waals surface area contributed by atoms with Crippen molar-refractivity contribution < 1.29 is 14.3 Å². The maximum Gasteiger partial charge on any atom is 0.260 e. The molecule has 1 aromatic carbocycles. The molecule has 3 N–H and O–H groups in total. The lowest BCUT2D eigenvalue weighted by atomic mass is 9.87. The quantitative estimate of drug-likeness (QED) is 0.807. The summed E-state index contributed by atoms with van der Waals surface area (Å²) in [6.45, 7) is 8.47. The number of piperidine rings is 1. The fraction of sp³-hybridized carbons (Fsp3) is 0.600. The van der Waals surface area contributed by atoms with Gasteiger partial charge in [0.25, 0.3) is 5.91 Å². The summed E-state index contributed by atoms with van der Waals surface area (Å²) in [5.41, 5.74) is 6.72. The van der Waals surface area contributed by atoms with Crippen molar-refractivity contribution in [1.29, 1.82) is 0 Å². The molecule has 1 aliphatic heterocycles. The van der Waals surface area contributed by atoms with E-state index in [4.69, 9.17) is 10.5 Å². The average Bonchev–Trinajstić information content (AvgIpc) is 2.63. The molecule has 144 valence electrons. The summed E-state index contributed by atoms with van der Waals surface area (Å²) in [5.74, 6) is 0.416. The van der Waals surface area contributed by atoms with Gasteiger partial charge in [-0.15, -0.1) is 0 Å². The molecule has 1 saturated heterocycles. The van der Waals surface area contributed by atoms with Crippen molar-refractivity contribution >= 4 is 11.8 Å². The Bertz CT molecular complexity index is 608. The second-order valence-electron chi connectivity index (χ2n) is 7.82. The van der Waals surface area contributed by atoms with Crippen LogP contribution in [0, 0.1) is 5.92 Å². The Kier molecular flexibility index (Phi) is 7.03. The number of nitrogens with two attached hydrogens (primary N) is 1. The number of amides is 2. The minimum absolute atomic E-state index is 0.00793. The minimum Gasteiger partial charge on any atom is -0.484 e. The second kappa shape index (κ2) is 9.03. The van der Waals surface area contributed by atoms with Gasteiger partial charge in [-0.1, -0.05) is 32.9 Å². The number of nitrogens with one attached hydrogen (secondary N) is 1. The lowest BCUT2D eigenvalue weighted by Crippen LogP contribution is -2.47. The topological polar surface area (TPSA) is 84.7 Å². The number of hydrogen-bond donors (Lipinski definition) is 2. The van der Waals surface area contributed by atoms with Crippen LogP contribution in [0.2, 0.25) is 0 Å². The molecule has 6 heteroatoms. The number of benzene rings is 1. The molecule has 26 heavy (non-hydrogen) atoms. The van der Waals surface area contributed by atoms with E-state index in [1.807, 2.05) is 24.3 Å². The largest absolute Gasteiger partial charge is 0.484 e. The van der Waals surface area contributed by atoms with Crippen LogP contribution in [0.3, 0.4) is 0 Å². The molecular formula is C20H31N3O3. The van der Waals surface area contributed by atoms with E-state index in [0.717, 1.165) is 12.8 Å². The van der Waals surface area contributed by atoms with Crippen LogP contribution in [0.1, 0.15) is 39.2 Å². The Morgan fingerprint density at radius 3 is 2.58 bits per heavy atom. The van der Waals surface area contributed by atoms with Crippen molar-refractivity contribution in [2.24, 2.45) is 11.7 Å². The van der Waals surface area contributed by atoms with E-state index in [1.165, 1.54) is 5.56 Å². The monoisotopic (exact) mass is 361 g/mol. The highest BCUT2D eigenvalue weighted by atomic mass is 16.5. The first-order valence-electron chi connectivity index (χ1n) is 9.30. The third-order valence-corrected chi connectivity index (χ3v) is 4.67. The van der Waals surface area contributed by atoms with Gasteiger partial charge in [-0.05, 0) is 36.0 Å². The molecule has 0 aromatic heterocycles. The normalized spacial score (nSPS) is 17.7. The molecule has 1 aromatic rings. The maximum atomic E-state index is 12.4. The van der Waals surface area contributed by atoms with Crippen LogP contribution in [0.5, 0.6) is 5.75 Å². The highest BCUT2D eigenvalue weighted by Gasteiger charge is 2.28. The molecule has 1 unspecified atom stereocenters. The zero-order valence-corrected chi connectivity index (χ0v) is 16.1. The number of rotatable bonds is 6. The summed E-state index contributed by atoms with van der Waals surface area (Å²) in [7, 11) is 0. The SMILES string of the molecule is CC(C)(C)c1ccc(OCC(=O)N2CCCC(C(=O)NCCN)C2)cc1. The van der Waals surface area contributed by atoms with Crippen molar-refractivity contribution in [3.63, 3.8) is 0 Å². The predicted molar refractivity (Wildman–Crippen MR) is 102 cm³/mol. The van der Waals surface area contributed by atoms with Gasteiger partial charge in [-0.25, -0.2) is 0 Å². The van der Waals surface area contributed by atoms with Gasteiger partial charge < -0.3 is 20.7 Å². The lowest BCUT2D eigenvalue weighted by molar-refractivity contribution is -0.137. The van der Waals surface area contributed by atoms with E-state index in [0.29, 0.717) is 31.9 Å². The van der Waals surface area contributed by atoms with E-state index in [2.05, 4.69) is 26.1 Å². The molecule has 0 radical (unpaired) electrons. The zero-order chi connectivity index (χ0) is 19.2. The first-order valence-corrected chi connectivity index (χ1v) is 9.30. The third-order valence-electron chi connectivity index (χ3n) is 4.67. The van der Waals surface area contributed by atoms with Gasteiger partial charge in [0.2, 0.25) is 5.91 Å². The van der Waals surface area contributed by atoms with Crippen LogP contribution >= 0.6 is 0 Å². The average molecular weight is 361 g/mol. The molecule has 1 heterocycles. The molecule has 2 rings (SSSR count). The first-order chi connectivity index (χ1) is 12.3. The second-order valence-corrected chi connectivity index (χ2v) is 7.82. The van der Waals surface area contributed by atoms with Gasteiger partial charge in [0.1, 0.15) is 5.75 Å². The molecule has 0 aliphatic carbocycles. The van der Waals surface area contributed by atoms with Gasteiger partial charge in [0.05, 0.1) is 5.92 Å². The standard InChI is InChI=1S/C20H31N3O3/c1-20(2,3)16-6-8-17(9-7-16)26-14-18(24)23-12-4-5-15(13-23)19(25)22-11-10-21/h6-9,15H,4-5,10-14,21H2,1-3H3,(H,22,25).